The van der Waals surface area contributed by atoms with E-state index in [9.17, 15) is 5.11 Å². The van der Waals surface area contributed by atoms with Crippen LogP contribution in [0.4, 0.5) is 0 Å². The fraction of sp³-hybridized carbons (Fsp3) is 0.333. The second-order valence-corrected chi connectivity index (χ2v) is 1.60. The zero-order valence-corrected chi connectivity index (χ0v) is 4.69. The van der Waals surface area contributed by atoms with Crippen molar-refractivity contribution in [1.29, 1.82) is 0 Å². The highest BCUT2D eigenvalue weighted by molar-refractivity contribution is 5.12. The van der Waals surface area contributed by atoms with Crippen LogP contribution in [0.3, 0.4) is 0 Å². The number of allylic oxidation sites excluding steroid dienone is 3. The van der Waals surface area contributed by atoms with E-state index in [1.807, 2.05) is 0 Å². The fourth-order valence-electron chi connectivity index (χ4n) is 0.347. The monoisotopic (exact) mass is 97.1 g/mol. The summed E-state index contributed by atoms with van der Waals surface area (Å²) in [5.74, 6) is 0.0625. The molecule has 0 spiro atoms. The minimum absolute atomic E-state index is 0.0625. The molecule has 0 aliphatic rings. The number of rotatable bonds is 1. The van der Waals surface area contributed by atoms with Crippen molar-refractivity contribution in [2.24, 2.45) is 0 Å². The van der Waals surface area contributed by atoms with Gasteiger partial charge in [-0.25, -0.2) is 0 Å². The quantitative estimate of drug-likeness (QED) is 0.352. The highest BCUT2D eigenvalue weighted by Gasteiger charge is 1.79. The molecule has 0 rings (SSSR count). The van der Waals surface area contributed by atoms with E-state index in [-0.39, 0.29) is 5.76 Å². The average Bonchev–Trinajstić information content (AvgIpc) is 1.27. The van der Waals surface area contributed by atoms with Crippen molar-refractivity contribution in [2.45, 2.75) is 13.8 Å². The summed E-state index contributed by atoms with van der Waals surface area (Å²) in [5, 5.41) is 10.1. The molecular weight excluding hydrogens is 88.1 g/mol. The molecule has 0 N–H and O–H groups in total. The molecule has 0 atom stereocenters. The Kier molecular flexibility index (Phi) is 2.20. The normalized spacial score (nSPS) is 11.4. The Morgan fingerprint density at radius 3 is 2.00 bits per heavy atom. The second kappa shape index (κ2) is 2.45. The van der Waals surface area contributed by atoms with Gasteiger partial charge in [0.05, 0.1) is 0 Å². The molecule has 39 valence electrons. The van der Waals surface area contributed by atoms with Crippen LogP contribution in [0.15, 0.2) is 24.0 Å². The first-order valence-corrected chi connectivity index (χ1v) is 2.14. The first-order valence-electron chi connectivity index (χ1n) is 2.14. The maximum Gasteiger partial charge on any atom is 0.152 e. The van der Waals surface area contributed by atoms with E-state index in [2.05, 4.69) is 6.58 Å². The van der Waals surface area contributed by atoms with E-state index in [0.717, 1.165) is 5.57 Å². The molecular formula is C6H9O. The molecule has 0 heterocycles. The summed E-state index contributed by atoms with van der Waals surface area (Å²) in [5.41, 5.74) is 0.813. The van der Waals surface area contributed by atoms with Gasteiger partial charge in [-0.05, 0) is 19.9 Å². The summed E-state index contributed by atoms with van der Waals surface area (Å²) >= 11 is 0. The molecule has 0 saturated carbocycles. The zero-order chi connectivity index (χ0) is 5.86. The molecule has 7 heavy (non-hydrogen) atoms. The van der Waals surface area contributed by atoms with Gasteiger partial charge in [0.15, 0.2) is 5.76 Å². The molecule has 0 aromatic carbocycles. The van der Waals surface area contributed by atoms with Crippen molar-refractivity contribution in [3.8, 4) is 0 Å². The summed E-state index contributed by atoms with van der Waals surface area (Å²) in [6.45, 7) is 6.82. The lowest BCUT2D eigenvalue weighted by molar-refractivity contribution is 0.300. The van der Waals surface area contributed by atoms with Crippen LogP contribution in [-0.4, -0.2) is 0 Å². The van der Waals surface area contributed by atoms with Crippen molar-refractivity contribution in [3.63, 3.8) is 0 Å². The number of hydrogen-bond donors (Lipinski definition) is 0. The predicted octanol–water partition coefficient (Wildman–Crippen LogP) is 1.90. The lowest BCUT2D eigenvalue weighted by atomic mass is 10.3. The van der Waals surface area contributed by atoms with E-state index < -0.39 is 0 Å². The topological polar surface area (TPSA) is 19.9 Å². The third-order valence-corrected chi connectivity index (χ3v) is 0.450. The molecule has 1 nitrogen and oxygen atoms in total. The van der Waals surface area contributed by atoms with E-state index in [4.69, 9.17) is 0 Å². The van der Waals surface area contributed by atoms with Gasteiger partial charge in [0.25, 0.3) is 0 Å². The SMILES string of the molecule is C=C(C)/C=C(\C)[O]. The third kappa shape index (κ3) is 5.28. The van der Waals surface area contributed by atoms with Crippen LogP contribution in [0.25, 0.3) is 0 Å². The van der Waals surface area contributed by atoms with Gasteiger partial charge in [0.2, 0.25) is 0 Å². The van der Waals surface area contributed by atoms with Gasteiger partial charge in [-0.3, -0.25) is 5.11 Å². The van der Waals surface area contributed by atoms with E-state index >= 15 is 0 Å². The van der Waals surface area contributed by atoms with Crippen molar-refractivity contribution >= 4 is 0 Å². The molecule has 1 heteroatoms. The van der Waals surface area contributed by atoms with Crippen LogP contribution in [0, 0.1) is 0 Å². The standard InChI is InChI=1S/C6H9O/c1-5(2)4-6(3)7/h4H,1H2,2-3H3/b6-4+. The van der Waals surface area contributed by atoms with Crippen LogP contribution in [0.2, 0.25) is 0 Å². The molecule has 0 unspecified atom stereocenters. The van der Waals surface area contributed by atoms with E-state index in [0.29, 0.717) is 0 Å². The molecule has 0 bridgehead atoms. The summed E-state index contributed by atoms with van der Waals surface area (Å²) < 4.78 is 0. The van der Waals surface area contributed by atoms with Crippen molar-refractivity contribution in [2.75, 3.05) is 0 Å². The predicted molar refractivity (Wildman–Crippen MR) is 29.3 cm³/mol. The van der Waals surface area contributed by atoms with Gasteiger partial charge in [-0.15, -0.1) is 0 Å². The highest BCUT2D eigenvalue weighted by Crippen LogP contribution is 1.93. The molecule has 0 amide bonds. The van der Waals surface area contributed by atoms with Gasteiger partial charge >= 0.3 is 0 Å². The first-order chi connectivity index (χ1) is 3.13. The van der Waals surface area contributed by atoms with Gasteiger partial charge < -0.3 is 0 Å². The van der Waals surface area contributed by atoms with Crippen LogP contribution in [0.5, 0.6) is 0 Å². The fourth-order valence-corrected chi connectivity index (χ4v) is 0.347. The van der Waals surface area contributed by atoms with Gasteiger partial charge in [0, 0.05) is 0 Å². The Morgan fingerprint density at radius 1 is 1.57 bits per heavy atom. The molecule has 0 aromatic rings. The first kappa shape index (κ1) is 6.28. The van der Waals surface area contributed by atoms with E-state index in [1.165, 1.54) is 13.0 Å². The van der Waals surface area contributed by atoms with Crippen molar-refractivity contribution in [3.05, 3.63) is 24.0 Å². The Bertz CT molecular complexity index is 96.7. The maximum absolute atomic E-state index is 10.1. The maximum atomic E-state index is 10.1. The van der Waals surface area contributed by atoms with Crippen LogP contribution in [-0.2, 0) is 5.11 Å². The number of hydrogen-bond acceptors (Lipinski definition) is 0. The molecule has 0 aliphatic carbocycles. The summed E-state index contributed by atoms with van der Waals surface area (Å²) in [6.07, 6.45) is 1.50. The molecule has 0 aromatic heterocycles. The Hall–Kier alpha value is -0.720. The van der Waals surface area contributed by atoms with Crippen molar-refractivity contribution < 1.29 is 5.11 Å². The van der Waals surface area contributed by atoms with Gasteiger partial charge in [0.1, 0.15) is 0 Å². The second-order valence-electron chi connectivity index (χ2n) is 1.60. The van der Waals surface area contributed by atoms with E-state index in [1.54, 1.807) is 6.92 Å². The van der Waals surface area contributed by atoms with Gasteiger partial charge in [-0.1, -0.05) is 12.2 Å². The van der Waals surface area contributed by atoms with Crippen LogP contribution < -0.4 is 0 Å². The largest absolute Gasteiger partial charge is 0.295 e. The highest BCUT2D eigenvalue weighted by atomic mass is 16.3. The average molecular weight is 97.1 g/mol. The molecule has 0 saturated heterocycles. The zero-order valence-electron chi connectivity index (χ0n) is 4.69. The molecule has 0 aliphatic heterocycles. The minimum atomic E-state index is 0.0625. The minimum Gasteiger partial charge on any atom is -0.295 e. The summed E-state index contributed by atoms with van der Waals surface area (Å²) in [6, 6.07) is 0. The summed E-state index contributed by atoms with van der Waals surface area (Å²) in [7, 11) is 0. The van der Waals surface area contributed by atoms with Gasteiger partial charge in [-0.2, -0.15) is 0 Å². The Labute approximate surface area is 44.0 Å². The Morgan fingerprint density at radius 2 is 2.00 bits per heavy atom. The van der Waals surface area contributed by atoms with Crippen LogP contribution in [0.1, 0.15) is 13.8 Å². The molecule has 1 radical (unpaired) electrons. The smallest absolute Gasteiger partial charge is 0.152 e. The van der Waals surface area contributed by atoms with Crippen LogP contribution >= 0.6 is 0 Å². The Balaban J connectivity index is 3.68. The lowest BCUT2D eigenvalue weighted by Crippen LogP contribution is -1.66. The lowest BCUT2D eigenvalue weighted by Gasteiger charge is -1.81. The third-order valence-electron chi connectivity index (χ3n) is 0.450. The molecule has 0 fully saturated rings. The van der Waals surface area contributed by atoms with Crippen molar-refractivity contribution in [1.82, 2.24) is 0 Å². The summed E-state index contributed by atoms with van der Waals surface area (Å²) in [4.78, 5) is 0.